The Morgan fingerprint density at radius 3 is 2.85 bits per heavy atom. The first-order chi connectivity index (χ1) is 9.60. The second-order valence-corrected chi connectivity index (χ2v) is 4.23. The van der Waals surface area contributed by atoms with E-state index >= 15 is 0 Å². The van der Waals surface area contributed by atoms with Gasteiger partial charge in [0.1, 0.15) is 24.8 Å². The number of rotatable bonds is 4. The lowest BCUT2D eigenvalue weighted by molar-refractivity contribution is -0.373. The van der Waals surface area contributed by atoms with Gasteiger partial charge in [-0.2, -0.15) is 4.98 Å². The molecule has 1 fully saturated rings. The number of carbonyl (C=O) groups excluding carboxylic acids is 1. The maximum absolute atomic E-state index is 11.4. The van der Waals surface area contributed by atoms with E-state index in [0.29, 0.717) is 38.0 Å². The third kappa shape index (κ3) is 3.41. The zero-order chi connectivity index (χ0) is 14.5. The summed E-state index contributed by atoms with van der Waals surface area (Å²) in [6.45, 7) is 5.65. The summed E-state index contributed by atoms with van der Waals surface area (Å²) in [7, 11) is 1.48. The average Bonchev–Trinajstić information content (AvgIpc) is 2.47. The van der Waals surface area contributed by atoms with Crippen molar-refractivity contribution in [2.24, 2.45) is 0 Å². The first kappa shape index (κ1) is 14.2. The molecule has 108 valence electrons. The van der Waals surface area contributed by atoms with E-state index in [9.17, 15) is 10.0 Å². The molecular formula is C12H16N4O4. The highest BCUT2D eigenvalue weighted by Crippen LogP contribution is 2.18. The van der Waals surface area contributed by atoms with Crippen LogP contribution in [0.15, 0.2) is 6.07 Å². The lowest BCUT2D eigenvalue weighted by atomic mass is 10.3. The summed E-state index contributed by atoms with van der Waals surface area (Å²) < 4.78 is 10.4. The molecule has 2 rings (SSSR count). The zero-order valence-electron chi connectivity index (χ0n) is 11.2. The standard InChI is InChI=1S/C12H16N4O4/c1-15(18)12(17)7-9-13-10(8-11(14-9)19-2)16-3-5-20-6-4-16/h8H,1,3-7H2,2H3. The van der Waals surface area contributed by atoms with Gasteiger partial charge in [-0.1, -0.05) is 0 Å². The fraction of sp³-hybridized carbons (Fsp3) is 0.500. The molecule has 1 saturated heterocycles. The monoisotopic (exact) mass is 280 g/mol. The van der Waals surface area contributed by atoms with Gasteiger partial charge in [0.05, 0.1) is 20.3 Å². The Morgan fingerprint density at radius 2 is 2.25 bits per heavy atom. The molecule has 1 amide bonds. The summed E-state index contributed by atoms with van der Waals surface area (Å²) in [4.78, 5) is 21.8. The van der Waals surface area contributed by atoms with Crippen LogP contribution < -0.4 is 9.64 Å². The Bertz CT molecular complexity index is 514. The van der Waals surface area contributed by atoms with Crippen LogP contribution in [-0.4, -0.2) is 60.7 Å². The molecule has 0 spiro atoms. The van der Waals surface area contributed by atoms with Gasteiger partial charge in [0.15, 0.2) is 0 Å². The van der Waals surface area contributed by atoms with Gasteiger partial charge < -0.3 is 19.6 Å². The number of morpholine rings is 1. The van der Waals surface area contributed by atoms with Gasteiger partial charge in [0.25, 0.3) is 0 Å². The predicted molar refractivity (Wildman–Crippen MR) is 71.1 cm³/mol. The number of anilines is 1. The van der Waals surface area contributed by atoms with E-state index in [4.69, 9.17) is 9.47 Å². The maximum Gasteiger partial charge on any atom is 0.405 e. The lowest BCUT2D eigenvalue weighted by Gasteiger charge is -2.28. The molecule has 0 radical (unpaired) electrons. The molecule has 0 aliphatic carbocycles. The minimum absolute atomic E-state index is 0.0250. The van der Waals surface area contributed by atoms with Crippen LogP contribution in [0.25, 0.3) is 0 Å². The second kappa shape index (κ2) is 6.29. The smallest absolute Gasteiger partial charge is 0.405 e. The van der Waals surface area contributed by atoms with Gasteiger partial charge in [-0.05, 0) is 0 Å². The molecule has 0 unspecified atom stereocenters. The van der Waals surface area contributed by atoms with Crippen LogP contribution in [0.4, 0.5) is 5.82 Å². The van der Waals surface area contributed by atoms with Crippen LogP contribution >= 0.6 is 0 Å². The molecule has 2 heterocycles. The molecule has 0 aromatic carbocycles. The van der Waals surface area contributed by atoms with Crippen molar-refractivity contribution >= 4 is 18.4 Å². The predicted octanol–water partition coefficient (Wildman–Crippen LogP) is -0.398. The molecule has 8 nitrogen and oxygen atoms in total. The van der Waals surface area contributed by atoms with E-state index in [2.05, 4.69) is 16.7 Å². The molecule has 0 atom stereocenters. The average molecular weight is 280 g/mol. The van der Waals surface area contributed by atoms with E-state index in [1.54, 1.807) is 6.07 Å². The summed E-state index contributed by atoms with van der Waals surface area (Å²) >= 11 is 0. The minimum Gasteiger partial charge on any atom is -0.617 e. The Labute approximate surface area is 116 Å². The van der Waals surface area contributed by atoms with Crippen molar-refractivity contribution in [2.75, 3.05) is 38.3 Å². The number of aromatic nitrogens is 2. The second-order valence-electron chi connectivity index (χ2n) is 4.23. The maximum atomic E-state index is 11.4. The van der Waals surface area contributed by atoms with Gasteiger partial charge in [-0.25, -0.2) is 9.78 Å². The number of ether oxygens (including phenoxy) is 2. The van der Waals surface area contributed by atoms with Crippen LogP contribution in [0, 0.1) is 5.21 Å². The van der Waals surface area contributed by atoms with Crippen molar-refractivity contribution in [1.29, 1.82) is 0 Å². The van der Waals surface area contributed by atoms with E-state index < -0.39 is 5.91 Å². The van der Waals surface area contributed by atoms with Crippen molar-refractivity contribution in [2.45, 2.75) is 6.42 Å². The largest absolute Gasteiger partial charge is 0.617 e. The highest BCUT2D eigenvalue weighted by molar-refractivity contribution is 5.71. The van der Waals surface area contributed by atoms with Crippen LogP contribution in [0.1, 0.15) is 5.82 Å². The Morgan fingerprint density at radius 1 is 1.55 bits per heavy atom. The molecule has 20 heavy (non-hydrogen) atoms. The van der Waals surface area contributed by atoms with Gasteiger partial charge in [-0.15, -0.1) is 4.74 Å². The minimum atomic E-state index is -0.703. The van der Waals surface area contributed by atoms with Gasteiger partial charge in [0.2, 0.25) is 5.88 Å². The van der Waals surface area contributed by atoms with E-state index in [-0.39, 0.29) is 17.0 Å². The van der Waals surface area contributed by atoms with Crippen LogP contribution in [0.2, 0.25) is 0 Å². The molecule has 1 aromatic heterocycles. The molecule has 1 aromatic rings. The van der Waals surface area contributed by atoms with Gasteiger partial charge in [-0.3, -0.25) is 0 Å². The van der Waals surface area contributed by atoms with Gasteiger partial charge >= 0.3 is 5.91 Å². The Kier molecular flexibility index (Phi) is 4.46. The zero-order valence-corrected chi connectivity index (χ0v) is 11.2. The van der Waals surface area contributed by atoms with E-state index in [1.165, 1.54) is 7.11 Å². The van der Waals surface area contributed by atoms with E-state index in [1.807, 2.05) is 4.90 Å². The molecular weight excluding hydrogens is 264 g/mol. The number of methoxy groups -OCH3 is 1. The summed E-state index contributed by atoms with van der Waals surface area (Å²) in [6, 6.07) is 1.69. The third-order valence-electron chi connectivity index (χ3n) is 2.87. The molecule has 1 aliphatic rings. The van der Waals surface area contributed by atoms with Crippen molar-refractivity contribution in [3.8, 4) is 5.88 Å². The number of carbonyl (C=O) groups is 1. The number of nitrogens with zero attached hydrogens (tertiary/aromatic N) is 4. The first-order valence-corrected chi connectivity index (χ1v) is 6.15. The molecule has 1 aliphatic heterocycles. The van der Waals surface area contributed by atoms with Crippen molar-refractivity contribution in [3.05, 3.63) is 17.1 Å². The van der Waals surface area contributed by atoms with Crippen LogP contribution in [0.3, 0.4) is 0 Å². The number of amides is 1. The van der Waals surface area contributed by atoms with Crippen molar-refractivity contribution in [1.82, 2.24) is 9.97 Å². The molecule has 0 N–H and O–H groups in total. The normalized spacial score (nSPS) is 14.9. The molecule has 0 saturated carbocycles. The first-order valence-electron chi connectivity index (χ1n) is 6.15. The fourth-order valence-electron chi connectivity index (χ4n) is 1.82. The summed E-state index contributed by atoms with van der Waals surface area (Å²) in [5, 5.41) is 10.8. The lowest BCUT2D eigenvalue weighted by Crippen LogP contribution is -2.37. The van der Waals surface area contributed by atoms with Crippen molar-refractivity contribution < 1.29 is 19.0 Å². The third-order valence-corrected chi connectivity index (χ3v) is 2.87. The fourth-order valence-corrected chi connectivity index (χ4v) is 1.82. The van der Waals surface area contributed by atoms with Crippen LogP contribution in [0.5, 0.6) is 5.88 Å². The SMILES string of the molecule is C=[N+]([O-])C(=O)Cc1nc(OC)cc(N2CCOCC2)n1. The number of hydroxylamine groups is 1. The Balaban J connectivity index is 2.23. The highest BCUT2D eigenvalue weighted by Gasteiger charge is 2.18. The van der Waals surface area contributed by atoms with E-state index in [0.717, 1.165) is 0 Å². The summed E-state index contributed by atoms with van der Waals surface area (Å²) in [6.07, 6.45) is -0.207. The highest BCUT2D eigenvalue weighted by atomic mass is 16.5. The quantitative estimate of drug-likeness (QED) is 0.321. The molecule has 0 bridgehead atoms. The number of hydrogen-bond acceptors (Lipinski definition) is 7. The van der Waals surface area contributed by atoms with Gasteiger partial charge in [0, 0.05) is 19.2 Å². The summed E-state index contributed by atoms with van der Waals surface area (Å²) in [5.74, 6) is 0.543. The number of hydrogen-bond donors (Lipinski definition) is 0. The van der Waals surface area contributed by atoms with Crippen LogP contribution in [-0.2, 0) is 16.0 Å². The molecule has 8 heteroatoms. The Hall–Kier alpha value is -2.22. The van der Waals surface area contributed by atoms with Crippen molar-refractivity contribution in [3.63, 3.8) is 0 Å². The summed E-state index contributed by atoms with van der Waals surface area (Å²) in [5.41, 5.74) is 0. The topological polar surface area (TPSA) is 90.6 Å².